The summed E-state index contributed by atoms with van der Waals surface area (Å²) in [7, 11) is 0. The third-order valence-electron chi connectivity index (χ3n) is 4.42. The van der Waals surface area contributed by atoms with Gasteiger partial charge in [-0.2, -0.15) is 0 Å². The number of carbonyl (C=O) groups is 1. The van der Waals surface area contributed by atoms with Gasteiger partial charge in [-0.25, -0.2) is 14.4 Å². The summed E-state index contributed by atoms with van der Waals surface area (Å²) in [6, 6.07) is 13.3. The first kappa shape index (κ1) is 18.9. The van der Waals surface area contributed by atoms with Crippen molar-refractivity contribution < 1.29 is 9.18 Å². The first-order valence-electron chi connectivity index (χ1n) is 9.01. The van der Waals surface area contributed by atoms with Crippen LogP contribution in [0.5, 0.6) is 0 Å². The van der Waals surface area contributed by atoms with Crippen LogP contribution in [0, 0.1) is 12.7 Å². The molecule has 2 heterocycles. The molecule has 0 spiro atoms. The topological polar surface area (TPSA) is 87.7 Å². The number of thiazole rings is 1. The molecule has 0 unspecified atom stereocenters. The van der Waals surface area contributed by atoms with Gasteiger partial charge in [0.1, 0.15) is 11.5 Å². The molecule has 0 aliphatic carbocycles. The summed E-state index contributed by atoms with van der Waals surface area (Å²) in [6.07, 6.45) is 0.333. The molecule has 0 aliphatic rings. The number of nitrogens with zero attached hydrogens (tertiary/aromatic N) is 2. The Hall–Kier alpha value is -3.39. The zero-order valence-electron chi connectivity index (χ0n) is 15.5. The van der Waals surface area contributed by atoms with Crippen LogP contribution in [0.25, 0.3) is 22.3 Å². The van der Waals surface area contributed by atoms with E-state index in [0.29, 0.717) is 27.6 Å². The largest absolute Gasteiger partial charge is 0.319 e. The van der Waals surface area contributed by atoms with Crippen LogP contribution in [0.1, 0.15) is 17.0 Å². The SMILES string of the molecule is Cc1sc(NC(=O)CCc2nc3ccccc3[nH]c2=O)nc1-c1ccc(F)cc1. The molecule has 2 N–H and O–H groups in total. The lowest BCUT2D eigenvalue weighted by atomic mass is 10.1. The number of carbonyl (C=O) groups excluding carboxylic acids is 1. The summed E-state index contributed by atoms with van der Waals surface area (Å²) in [5.74, 6) is -0.564. The number of H-pyrrole nitrogens is 1. The van der Waals surface area contributed by atoms with Crippen LogP contribution in [-0.4, -0.2) is 20.9 Å². The van der Waals surface area contributed by atoms with E-state index < -0.39 is 0 Å². The number of benzene rings is 2. The van der Waals surface area contributed by atoms with E-state index in [1.165, 1.54) is 23.5 Å². The van der Waals surface area contributed by atoms with Crippen LogP contribution in [0.15, 0.2) is 53.3 Å². The zero-order valence-corrected chi connectivity index (χ0v) is 16.3. The molecule has 0 fully saturated rings. The van der Waals surface area contributed by atoms with Gasteiger partial charge in [-0.15, -0.1) is 11.3 Å². The Balaban J connectivity index is 1.44. The zero-order chi connectivity index (χ0) is 20.4. The average molecular weight is 408 g/mol. The molecule has 146 valence electrons. The van der Waals surface area contributed by atoms with E-state index in [1.807, 2.05) is 25.1 Å². The number of nitrogens with one attached hydrogen (secondary N) is 2. The number of amides is 1. The first-order valence-corrected chi connectivity index (χ1v) is 9.82. The number of para-hydroxylation sites is 2. The quantitative estimate of drug-likeness (QED) is 0.521. The summed E-state index contributed by atoms with van der Waals surface area (Å²) < 4.78 is 13.1. The van der Waals surface area contributed by atoms with Gasteiger partial charge < -0.3 is 10.3 Å². The molecule has 2 aromatic heterocycles. The second-order valence-electron chi connectivity index (χ2n) is 6.51. The minimum atomic E-state index is -0.313. The molecule has 4 aromatic rings. The van der Waals surface area contributed by atoms with Gasteiger partial charge in [0.2, 0.25) is 5.91 Å². The molecule has 6 nitrogen and oxygen atoms in total. The molecular weight excluding hydrogens is 391 g/mol. The van der Waals surface area contributed by atoms with E-state index >= 15 is 0 Å². The Morgan fingerprint density at radius 1 is 1.14 bits per heavy atom. The number of aryl methyl sites for hydroxylation is 2. The maximum atomic E-state index is 13.1. The molecule has 0 saturated heterocycles. The average Bonchev–Trinajstić information content (AvgIpc) is 3.07. The van der Waals surface area contributed by atoms with Gasteiger partial charge >= 0.3 is 0 Å². The van der Waals surface area contributed by atoms with Crippen molar-refractivity contribution >= 4 is 33.4 Å². The number of halogens is 1. The predicted molar refractivity (Wildman–Crippen MR) is 112 cm³/mol. The van der Waals surface area contributed by atoms with Crippen LogP contribution in [0.3, 0.4) is 0 Å². The molecule has 8 heteroatoms. The normalized spacial score (nSPS) is 11.0. The van der Waals surface area contributed by atoms with Crippen molar-refractivity contribution in [2.75, 3.05) is 5.32 Å². The highest BCUT2D eigenvalue weighted by atomic mass is 32.1. The number of hydrogen-bond acceptors (Lipinski definition) is 5. The standard InChI is InChI=1S/C21H17FN4O2S/c1-12-19(13-6-8-14(22)9-7-13)26-21(29-12)25-18(27)11-10-17-20(28)24-16-5-3-2-4-15(16)23-17/h2-9H,10-11H2,1H3,(H,24,28)(H,25,26,27). The molecule has 0 radical (unpaired) electrons. The Labute approximate surface area is 169 Å². The van der Waals surface area contributed by atoms with E-state index in [9.17, 15) is 14.0 Å². The Kier molecular flexibility index (Phi) is 5.18. The van der Waals surface area contributed by atoms with Crippen LogP contribution in [0.2, 0.25) is 0 Å². The number of aromatic nitrogens is 3. The Morgan fingerprint density at radius 3 is 2.69 bits per heavy atom. The summed E-state index contributed by atoms with van der Waals surface area (Å²) in [4.78, 5) is 37.0. The van der Waals surface area contributed by atoms with Gasteiger partial charge in [0.15, 0.2) is 5.13 Å². The van der Waals surface area contributed by atoms with Crippen molar-refractivity contribution in [3.8, 4) is 11.3 Å². The second-order valence-corrected chi connectivity index (χ2v) is 7.71. The Morgan fingerprint density at radius 2 is 1.90 bits per heavy atom. The summed E-state index contributed by atoms with van der Waals surface area (Å²) in [5, 5.41) is 3.23. The minimum Gasteiger partial charge on any atom is -0.319 e. The number of rotatable bonds is 5. The highest BCUT2D eigenvalue weighted by Gasteiger charge is 2.13. The number of hydrogen-bond donors (Lipinski definition) is 2. The molecule has 0 atom stereocenters. The molecule has 0 bridgehead atoms. The van der Waals surface area contributed by atoms with E-state index in [2.05, 4.69) is 20.3 Å². The lowest BCUT2D eigenvalue weighted by Gasteiger charge is -2.03. The molecule has 2 aromatic carbocycles. The lowest BCUT2D eigenvalue weighted by molar-refractivity contribution is -0.116. The molecule has 1 amide bonds. The van der Waals surface area contributed by atoms with Gasteiger partial charge in [-0.05, 0) is 43.3 Å². The highest BCUT2D eigenvalue weighted by Crippen LogP contribution is 2.30. The van der Waals surface area contributed by atoms with Gasteiger partial charge in [0.25, 0.3) is 5.56 Å². The van der Waals surface area contributed by atoms with Crippen LogP contribution < -0.4 is 10.9 Å². The van der Waals surface area contributed by atoms with Crippen LogP contribution >= 0.6 is 11.3 Å². The molecule has 0 saturated carbocycles. The Bertz CT molecular complexity index is 1250. The van der Waals surface area contributed by atoms with Crippen molar-refractivity contribution in [3.05, 3.63) is 75.3 Å². The van der Waals surface area contributed by atoms with Crippen LogP contribution in [-0.2, 0) is 11.2 Å². The second kappa shape index (κ2) is 7.92. The lowest BCUT2D eigenvalue weighted by Crippen LogP contribution is -2.18. The maximum absolute atomic E-state index is 13.1. The molecule has 0 aliphatic heterocycles. The fraction of sp³-hybridized carbons (Fsp3) is 0.143. The molecular formula is C21H17FN4O2S. The number of aromatic amines is 1. The van der Waals surface area contributed by atoms with Crippen molar-refractivity contribution in [2.45, 2.75) is 19.8 Å². The van der Waals surface area contributed by atoms with E-state index in [0.717, 1.165) is 10.4 Å². The van der Waals surface area contributed by atoms with E-state index in [4.69, 9.17) is 0 Å². The maximum Gasteiger partial charge on any atom is 0.270 e. The van der Waals surface area contributed by atoms with Gasteiger partial charge in [0.05, 0.1) is 16.7 Å². The number of anilines is 1. The van der Waals surface area contributed by atoms with Crippen molar-refractivity contribution in [1.82, 2.24) is 15.0 Å². The molecule has 29 heavy (non-hydrogen) atoms. The number of fused-ring (bicyclic) bond motifs is 1. The monoisotopic (exact) mass is 408 g/mol. The van der Waals surface area contributed by atoms with Crippen molar-refractivity contribution in [2.24, 2.45) is 0 Å². The third-order valence-corrected chi connectivity index (χ3v) is 5.31. The van der Waals surface area contributed by atoms with Gasteiger partial charge in [-0.1, -0.05) is 12.1 Å². The summed E-state index contributed by atoms with van der Waals surface area (Å²) >= 11 is 1.35. The fourth-order valence-corrected chi connectivity index (χ4v) is 3.83. The van der Waals surface area contributed by atoms with Gasteiger partial charge in [-0.3, -0.25) is 9.59 Å². The van der Waals surface area contributed by atoms with Crippen LogP contribution in [0.4, 0.5) is 9.52 Å². The smallest absolute Gasteiger partial charge is 0.270 e. The highest BCUT2D eigenvalue weighted by molar-refractivity contribution is 7.16. The third kappa shape index (κ3) is 4.22. The van der Waals surface area contributed by atoms with Gasteiger partial charge in [0, 0.05) is 23.3 Å². The predicted octanol–water partition coefficient (Wildman–Crippen LogP) is 4.07. The van der Waals surface area contributed by atoms with Crippen molar-refractivity contribution in [3.63, 3.8) is 0 Å². The minimum absolute atomic E-state index is 0.110. The first-order chi connectivity index (χ1) is 14.0. The van der Waals surface area contributed by atoms with E-state index in [1.54, 1.807) is 18.2 Å². The summed E-state index contributed by atoms with van der Waals surface area (Å²) in [5.41, 5.74) is 2.87. The molecule has 4 rings (SSSR count). The van der Waals surface area contributed by atoms with E-state index in [-0.39, 0.29) is 30.1 Å². The summed E-state index contributed by atoms with van der Waals surface area (Å²) in [6.45, 7) is 1.89. The van der Waals surface area contributed by atoms with Crippen molar-refractivity contribution in [1.29, 1.82) is 0 Å². The fourth-order valence-electron chi connectivity index (χ4n) is 2.98.